The Hall–Kier alpha value is -1.13. The molecule has 0 spiro atoms. The van der Waals surface area contributed by atoms with Crippen molar-refractivity contribution >= 4 is 5.97 Å². The molecule has 0 aliphatic heterocycles. The standard InChI is InChI=1S/C10H17NO4/c12-9(13)5-1-2-6-10(11(14)15)7-3-4-8-10/h1-8H2,(H,12,13). The monoisotopic (exact) mass is 215 g/mol. The molecular weight excluding hydrogens is 198 g/mol. The fraction of sp³-hybridized carbons (Fsp3) is 0.900. The van der Waals surface area contributed by atoms with Gasteiger partial charge in [-0.25, -0.2) is 0 Å². The number of carboxylic acid groups (broad SMARTS) is 1. The Kier molecular flexibility index (Phi) is 4.05. The van der Waals surface area contributed by atoms with Crippen LogP contribution in [0.5, 0.6) is 0 Å². The van der Waals surface area contributed by atoms with Crippen molar-refractivity contribution in [2.24, 2.45) is 0 Å². The summed E-state index contributed by atoms with van der Waals surface area (Å²) < 4.78 is 0. The lowest BCUT2D eigenvalue weighted by atomic mass is 9.91. The molecule has 0 saturated heterocycles. The van der Waals surface area contributed by atoms with Gasteiger partial charge in [-0.2, -0.15) is 0 Å². The number of hydrogen-bond donors (Lipinski definition) is 1. The molecule has 0 amide bonds. The van der Waals surface area contributed by atoms with E-state index in [1.165, 1.54) is 0 Å². The van der Waals surface area contributed by atoms with Crippen molar-refractivity contribution in [2.75, 3.05) is 0 Å². The Balaban J connectivity index is 2.33. The van der Waals surface area contributed by atoms with Crippen LogP contribution in [-0.4, -0.2) is 21.5 Å². The van der Waals surface area contributed by atoms with Crippen LogP contribution in [-0.2, 0) is 4.79 Å². The second kappa shape index (κ2) is 5.09. The molecular formula is C10H17NO4. The molecule has 0 bridgehead atoms. The molecule has 5 heteroatoms. The van der Waals surface area contributed by atoms with Crippen LogP contribution in [0.3, 0.4) is 0 Å². The first-order chi connectivity index (χ1) is 7.07. The first-order valence-corrected chi connectivity index (χ1v) is 5.43. The summed E-state index contributed by atoms with van der Waals surface area (Å²) in [6.07, 6.45) is 5.03. The highest BCUT2D eigenvalue weighted by molar-refractivity contribution is 5.66. The third-order valence-corrected chi connectivity index (χ3v) is 3.20. The maximum Gasteiger partial charge on any atom is 0.303 e. The van der Waals surface area contributed by atoms with Crippen molar-refractivity contribution in [3.8, 4) is 0 Å². The molecule has 0 atom stereocenters. The van der Waals surface area contributed by atoms with Crippen molar-refractivity contribution < 1.29 is 14.8 Å². The molecule has 1 aliphatic rings. The van der Waals surface area contributed by atoms with Gasteiger partial charge in [-0.3, -0.25) is 14.9 Å². The van der Waals surface area contributed by atoms with E-state index in [-0.39, 0.29) is 11.3 Å². The smallest absolute Gasteiger partial charge is 0.303 e. The third-order valence-electron chi connectivity index (χ3n) is 3.20. The number of nitro groups is 1. The van der Waals surface area contributed by atoms with E-state index in [1.54, 1.807) is 0 Å². The van der Waals surface area contributed by atoms with Crippen LogP contribution in [0.2, 0.25) is 0 Å². The van der Waals surface area contributed by atoms with Gasteiger partial charge in [0, 0.05) is 30.6 Å². The molecule has 1 fully saturated rings. The summed E-state index contributed by atoms with van der Waals surface area (Å²) in [5, 5.41) is 19.4. The van der Waals surface area contributed by atoms with Gasteiger partial charge in [0.05, 0.1) is 0 Å². The Morgan fingerprint density at radius 2 is 1.93 bits per heavy atom. The zero-order chi connectivity index (χ0) is 11.3. The topological polar surface area (TPSA) is 80.4 Å². The maximum atomic E-state index is 10.9. The number of nitrogens with zero attached hydrogens (tertiary/aromatic N) is 1. The second-order valence-electron chi connectivity index (χ2n) is 4.29. The minimum absolute atomic E-state index is 0.119. The minimum Gasteiger partial charge on any atom is -0.481 e. The van der Waals surface area contributed by atoms with E-state index in [1.807, 2.05) is 0 Å². The fourth-order valence-corrected chi connectivity index (χ4v) is 2.29. The fourth-order valence-electron chi connectivity index (χ4n) is 2.29. The first-order valence-electron chi connectivity index (χ1n) is 5.43. The van der Waals surface area contributed by atoms with E-state index in [2.05, 4.69) is 0 Å². The molecule has 1 rings (SSSR count). The van der Waals surface area contributed by atoms with E-state index in [0.29, 0.717) is 32.1 Å². The van der Waals surface area contributed by atoms with Gasteiger partial charge in [-0.1, -0.05) is 0 Å². The van der Waals surface area contributed by atoms with Crippen molar-refractivity contribution in [1.82, 2.24) is 0 Å². The van der Waals surface area contributed by atoms with E-state index < -0.39 is 11.5 Å². The lowest BCUT2D eigenvalue weighted by Crippen LogP contribution is -2.34. The molecule has 1 N–H and O–H groups in total. The zero-order valence-electron chi connectivity index (χ0n) is 8.78. The number of carboxylic acids is 1. The zero-order valence-corrected chi connectivity index (χ0v) is 8.78. The van der Waals surface area contributed by atoms with Gasteiger partial charge in [0.2, 0.25) is 5.54 Å². The average molecular weight is 215 g/mol. The van der Waals surface area contributed by atoms with Crippen LogP contribution in [0.25, 0.3) is 0 Å². The number of unbranched alkanes of at least 4 members (excludes halogenated alkanes) is 1. The van der Waals surface area contributed by atoms with Crippen LogP contribution in [0.4, 0.5) is 0 Å². The molecule has 86 valence electrons. The molecule has 0 unspecified atom stereocenters. The molecule has 0 aromatic carbocycles. The highest BCUT2D eigenvalue weighted by Gasteiger charge is 2.44. The predicted octanol–water partition coefficient (Wildman–Crippen LogP) is 2.22. The molecule has 0 heterocycles. The highest BCUT2D eigenvalue weighted by atomic mass is 16.6. The van der Waals surface area contributed by atoms with Crippen LogP contribution in [0.15, 0.2) is 0 Å². The van der Waals surface area contributed by atoms with Gasteiger partial charge < -0.3 is 5.11 Å². The molecule has 0 aromatic heterocycles. The van der Waals surface area contributed by atoms with Crippen molar-refractivity contribution in [3.05, 3.63) is 10.1 Å². The van der Waals surface area contributed by atoms with Gasteiger partial charge >= 0.3 is 5.97 Å². The summed E-state index contributed by atoms with van der Waals surface area (Å²) >= 11 is 0. The van der Waals surface area contributed by atoms with Crippen LogP contribution < -0.4 is 0 Å². The average Bonchev–Trinajstić information content (AvgIpc) is 2.62. The number of aliphatic carboxylic acids is 1. The largest absolute Gasteiger partial charge is 0.481 e. The lowest BCUT2D eigenvalue weighted by molar-refractivity contribution is -0.569. The summed E-state index contributed by atoms with van der Waals surface area (Å²) in [7, 11) is 0. The quantitative estimate of drug-likeness (QED) is 0.418. The Morgan fingerprint density at radius 1 is 1.33 bits per heavy atom. The molecule has 0 radical (unpaired) electrons. The molecule has 5 nitrogen and oxygen atoms in total. The van der Waals surface area contributed by atoms with Gasteiger partial charge in [-0.15, -0.1) is 0 Å². The molecule has 0 aromatic rings. The normalized spacial score (nSPS) is 18.9. The maximum absolute atomic E-state index is 10.9. The summed E-state index contributed by atoms with van der Waals surface area (Å²) in [5.74, 6) is -0.823. The van der Waals surface area contributed by atoms with Crippen molar-refractivity contribution in [1.29, 1.82) is 0 Å². The van der Waals surface area contributed by atoms with Gasteiger partial charge in [0.15, 0.2) is 0 Å². The Morgan fingerprint density at radius 3 is 2.40 bits per heavy atom. The van der Waals surface area contributed by atoms with E-state index in [0.717, 1.165) is 12.8 Å². The molecule has 1 saturated carbocycles. The highest BCUT2D eigenvalue weighted by Crippen LogP contribution is 2.36. The van der Waals surface area contributed by atoms with E-state index >= 15 is 0 Å². The van der Waals surface area contributed by atoms with Gasteiger partial charge in [0.1, 0.15) is 0 Å². The SMILES string of the molecule is O=C(O)CCCCC1([N+](=O)[O-])CCCC1. The number of rotatable bonds is 6. The molecule has 15 heavy (non-hydrogen) atoms. The Labute approximate surface area is 88.6 Å². The first kappa shape index (κ1) is 11.9. The second-order valence-corrected chi connectivity index (χ2v) is 4.29. The summed E-state index contributed by atoms with van der Waals surface area (Å²) in [5.41, 5.74) is -0.738. The van der Waals surface area contributed by atoms with Crippen molar-refractivity contribution in [3.63, 3.8) is 0 Å². The molecule has 1 aliphatic carbocycles. The number of carbonyl (C=O) groups is 1. The van der Waals surface area contributed by atoms with E-state index in [9.17, 15) is 14.9 Å². The lowest BCUT2D eigenvalue weighted by Gasteiger charge is -2.19. The van der Waals surface area contributed by atoms with Crippen LogP contribution >= 0.6 is 0 Å². The summed E-state index contributed by atoms with van der Waals surface area (Å²) in [6, 6.07) is 0. The minimum atomic E-state index is -0.823. The predicted molar refractivity (Wildman–Crippen MR) is 54.3 cm³/mol. The van der Waals surface area contributed by atoms with E-state index in [4.69, 9.17) is 5.11 Å². The van der Waals surface area contributed by atoms with Crippen molar-refractivity contribution in [2.45, 2.75) is 56.9 Å². The Bertz CT molecular complexity index is 246. The van der Waals surface area contributed by atoms with Crippen LogP contribution in [0.1, 0.15) is 51.4 Å². The van der Waals surface area contributed by atoms with Gasteiger partial charge in [0.25, 0.3) is 0 Å². The number of hydrogen-bond acceptors (Lipinski definition) is 3. The summed E-state index contributed by atoms with van der Waals surface area (Å²) in [6.45, 7) is 0. The summed E-state index contributed by atoms with van der Waals surface area (Å²) in [4.78, 5) is 21.1. The third kappa shape index (κ3) is 3.18. The van der Waals surface area contributed by atoms with Gasteiger partial charge in [-0.05, 0) is 25.7 Å². The van der Waals surface area contributed by atoms with Crippen LogP contribution in [0, 0.1) is 10.1 Å².